The lowest BCUT2D eigenvalue weighted by atomic mass is 10.2. The lowest BCUT2D eigenvalue weighted by Gasteiger charge is -2.21. The second-order valence-corrected chi connectivity index (χ2v) is 7.25. The number of aryl methyl sites for hydroxylation is 1. The molecule has 0 saturated heterocycles. The zero-order valence-corrected chi connectivity index (χ0v) is 16.4. The third-order valence-corrected chi connectivity index (χ3v) is 5.19. The van der Waals surface area contributed by atoms with Gasteiger partial charge in [0.1, 0.15) is 5.52 Å². The molecular formula is C23H28N4. The van der Waals surface area contributed by atoms with Crippen molar-refractivity contribution >= 4 is 33.1 Å². The minimum atomic E-state index is 0.963. The Labute approximate surface area is 160 Å². The molecule has 0 spiro atoms. The van der Waals surface area contributed by atoms with Crippen molar-refractivity contribution in [2.45, 2.75) is 39.7 Å². The van der Waals surface area contributed by atoms with E-state index in [0.717, 1.165) is 41.7 Å². The summed E-state index contributed by atoms with van der Waals surface area (Å²) in [6.07, 6.45) is 3.56. The van der Waals surface area contributed by atoms with E-state index >= 15 is 0 Å². The van der Waals surface area contributed by atoms with Crippen LogP contribution in [0.15, 0.2) is 48.5 Å². The second kappa shape index (κ2) is 8.05. The number of benzene rings is 2. The van der Waals surface area contributed by atoms with Gasteiger partial charge in [-0.2, -0.15) is 0 Å². The Kier molecular flexibility index (Phi) is 5.35. The molecule has 4 nitrogen and oxygen atoms in total. The van der Waals surface area contributed by atoms with Gasteiger partial charge in [0.05, 0.1) is 16.6 Å². The van der Waals surface area contributed by atoms with Crippen molar-refractivity contribution in [2.75, 3.05) is 19.6 Å². The standard InChI is InChI=1S/C23H28N4/c1-3-14-26(15-4-2)16-9-17-27-21-13-8-5-10-18(21)22-23(27)25-20-12-7-6-11-19(20)24-22/h5-8,10-13H,3-4,9,14-17H2,1-2H3. The third-order valence-electron chi connectivity index (χ3n) is 5.19. The molecule has 0 radical (unpaired) electrons. The Morgan fingerprint density at radius 3 is 2.22 bits per heavy atom. The summed E-state index contributed by atoms with van der Waals surface area (Å²) in [5.74, 6) is 0. The molecule has 2 heterocycles. The van der Waals surface area contributed by atoms with E-state index < -0.39 is 0 Å². The SMILES string of the molecule is CCCN(CCC)CCCn1c2ccccc2c2nc3ccccc3nc21. The largest absolute Gasteiger partial charge is 0.324 e. The van der Waals surface area contributed by atoms with Gasteiger partial charge in [0.2, 0.25) is 0 Å². The second-order valence-electron chi connectivity index (χ2n) is 7.25. The smallest absolute Gasteiger partial charge is 0.160 e. The van der Waals surface area contributed by atoms with E-state index in [-0.39, 0.29) is 0 Å². The van der Waals surface area contributed by atoms with Crippen molar-refractivity contribution in [1.29, 1.82) is 0 Å². The third kappa shape index (κ3) is 3.54. The van der Waals surface area contributed by atoms with Crippen LogP contribution in [0.25, 0.3) is 33.1 Å². The number of nitrogens with zero attached hydrogens (tertiary/aromatic N) is 4. The molecule has 4 rings (SSSR count). The van der Waals surface area contributed by atoms with Crippen LogP contribution in [0.1, 0.15) is 33.1 Å². The first-order valence-electron chi connectivity index (χ1n) is 10.2. The fourth-order valence-electron chi connectivity index (χ4n) is 4.03. The highest BCUT2D eigenvalue weighted by Crippen LogP contribution is 2.28. The van der Waals surface area contributed by atoms with Gasteiger partial charge in [-0.05, 0) is 57.1 Å². The molecule has 0 N–H and O–H groups in total. The highest BCUT2D eigenvalue weighted by molar-refractivity contribution is 6.06. The summed E-state index contributed by atoms with van der Waals surface area (Å²) in [4.78, 5) is 12.5. The van der Waals surface area contributed by atoms with Gasteiger partial charge in [0, 0.05) is 11.9 Å². The van der Waals surface area contributed by atoms with Gasteiger partial charge in [-0.25, -0.2) is 9.97 Å². The molecular weight excluding hydrogens is 332 g/mol. The molecule has 27 heavy (non-hydrogen) atoms. The topological polar surface area (TPSA) is 34.0 Å². The Bertz CT molecular complexity index is 1040. The van der Waals surface area contributed by atoms with Crippen LogP contribution in [0, 0.1) is 0 Å². The van der Waals surface area contributed by atoms with E-state index in [4.69, 9.17) is 9.97 Å². The summed E-state index contributed by atoms with van der Waals surface area (Å²) in [6, 6.07) is 16.7. The summed E-state index contributed by atoms with van der Waals surface area (Å²) in [7, 11) is 0. The number of fused-ring (bicyclic) bond motifs is 4. The van der Waals surface area contributed by atoms with Gasteiger partial charge in [-0.15, -0.1) is 0 Å². The maximum atomic E-state index is 4.97. The Morgan fingerprint density at radius 1 is 0.815 bits per heavy atom. The van der Waals surface area contributed by atoms with Crippen molar-refractivity contribution in [3.8, 4) is 0 Å². The monoisotopic (exact) mass is 360 g/mol. The van der Waals surface area contributed by atoms with Gasteiger partial charge >= 0.3 is 0 Å². The van der Waals surface area contributed by atoms with Gasteiger partial charge in [0.25, 0.3) is 0 Å². The zero-order chi connectivity index (χ0) is 18.6. The van der Waals surface area contributed by atoms with Gasteiger partial charge < -0.3 is 9.47 Å². The maximum Gasteiger partial charge on any atom is 0.160 e. The molecule has 0 aliphatic heterocycles. The predicted octanol–water partition coefficient (Wildman–Crippen LogP) is 5.25. The van der Waals surface area contributed by atoms with E-state index in [9.17, 15) is 0 Å². The molecule has 0 saturated carbocycles. The van der Waals surface area contributed by atoms with Crippen molar-refractivity contribution < 1.29 is 0 Å². The fraction of sp³-hybridized carbons (Fsp3) is 0.391. The van der Waals surface area contributed by atoms with Crippen LogP contribution >= 0.6 is 0 Å². The summed E-state index contributed by atoms with van der Waals surface area (Å²) >= 11 is 0. The normalized spacial score (nSPS) is 12.0. The van der Waals surface area contributed by atoms with Gasteiger partial charge in [-0.3, -0.25) is 0 Å². The number of para-hydroxylation sites is 3. The first-order chi connectivity index (χ1) is 13.3. The van der Waals surface area contributed by atoms with E-state index in [1.807, 2.05) is 24.3 Å². The molecule has 0 aliphatic carbocycles. The first kappa shape index (κ1) is 17.9. The lowest BCUT2D eigenvalue weighted by molar-refractivity contribution is 0.267. The van der Waals surface area contributed by atoms with Crippen LogP contribution in [0.5, 0.6) is 0 Å². The molecule has 0 amide bonds. The van der Waals surface area contributed by atoms with E-state index in [0.29, 0.717) is 0 Å². The van der Waals surface area contributed by atoms with Crippen molar-refractivity contribution in [1.82, 2.24) is 19.4 Å². The summed E-state index contributed by atoms with van der Waals surface area (Å²) in [5, 5.41) is 1.20. The molecule has 2 aromatic carbocycles. The van der Waals surface area contributed by atoms with Crippen LogP contribution in [0.4, 0.5) is 0 Å². The highest BCUT2D eigenvalue weighted by atomic mass is 15.1. The van der Waals surface area contributed by atoms with E-state index in [1.165, 1.54) is 36.8 Å². The summed E-state index contributed by atoms with van der Waals surface area (Å²) in [6.45, 7) is 9.00. The first-order valence-corrected chi connectivity index (χ1v) is 10.2. The average molecular weight is 361 g/mol. The van der Waals surface area contributed by atoms with Crippen molar-refractivity contribution in [2.24, 2.45) is 0 Å². The number of aromatic nitrogens is 3. The van der Waals surface area contributed by atoms with E-state index in [1.54, 1.807) is 0 Å². The zero-order valence-electron chi connectivity index (χ0n) is 16.4. The Morgan fingerprint density at radius 2 is 1.48 bits per heavy atom. The van der Waals surface area contributed by atoms with Crippen LogP contribution < -0.4 is 0 Å². The molecule has 0 aliphatic rings. The predicted molar refractivity (Wildman–Crippen MR) is 114 cm³/mol. The molecule has 0 unspecified atom stereocenters. The fourth-order valence-corrected chi connectivity index (χ4v) is 4.03. The maximum absolute atomic E-state index is 4.97. The van der Waals surface area contributed by atoms with Gasteiger partial charge in [-0.1, -0.05) is 44.2 Å². The molecule has 4 aromatic rings. The van der Waals surface area contributed by atoms with E-state index in [2.05, 4.69) is 47.6 Å². The molecule has 140 valence electrons. The molecule has 0 fully saturated rings. The Hall–Kier alpha value is -2.46. The minimum Gasteiger partial charge on any atom is -0.324 e. The van der Waals surface area contributed by atoms with Crippen molar-refractivity contribution in [3.05, 3.63) is 48.5 Å². The summed E-state index contributed by atoms with van der Waals surface area (Å²) in [5.41, 5.74) is 5.19. The number of rotatable bonds is 8. The number of hydrogen-bond acceptors (Lipinski definition) is 3. The molecule has 0 atom stereocenters. The van der Waals surface area contributed by atoms with Crippen molar-refractivity contribution in [3.63, 3.8) is 0 Å². The van der Waals surface area contributed by atoms with Gasteiger partial charge in [0.15, 0.2) is 5.65 Å². The molecule has 4 heteroatoms. The molecule has 0 bridgehead atoms. The van der Waals surface area contributed by atoms with Crippen LogP contribution in [0.2, 0.25) is 0 Å². The minimum absolute atomic E-state index is 0.963. The van der Waals surface area contributed by atoms with Crippen LogP contribution in [-0.2, 0) is 6.54 Å². The van der Waals surface area contributed by atoms with Crippen LogP contribution in [-0.4, -0.2) is 39.1 Å². The highest BCUT2D eigenvalue weighted by Gasteiger charge is 2.14. The summed E-state index contributed by atoms with van der Waals surface area (Å²) < 4.78 is 2.36. The quantitative estimate of drug-likeness (QED) is 0.430. The Balaban J connectivity index is 1.71. The molecule has 2 aromatic heterocycles. The van der Waals surface area contributed by atoms with Crippen LogP contribution in [0.3, 0.4) is 0 Å². The number of hydrogen-bond donors (Lipinski definition) is 0. The average Bonchev–Trinajstić information content (AvgIpc) is 3.00. The lowest BCUT2D eigenvalue weighted by Crippen LogP contribution is -2.27.